The SMILES string of the molecule is Cc1cc(Br)ccc1N1CCN(C2CCCNC2)CC1. The lowest BCUT2D eigenvalue weighted by Crippen LogP contribution is -2.54. The Bertz CT molecular complexity index is 449. The van der Waals surface area contributed by atoms with Crippen LogP contribution in [-0.4, -0.2) is 50.2 Å². The molecule has 20 heavy (non-hydrogen) atoms. The van der Waals surface area contributed by atoms with E-state index in [9.17, 15) is 0 Å². The van der Waals surface area contributed by atoms with Gasteiger partial charge in [0.2, 0.25) is 0 Å². The van der Waals surface area contributed by atoms with Gasteiger partial charge >= 0.3 is 0 Å². The van der Waals surface area contributed by atoms with E-state index in [2.05, 4.69) is 56.2 Å². The van der Waals surface area contributed by atoms with Crippen molar-refractivity contribution in [2.45, 2.75) is 25.8 Å². The minimum absolute atomic E-state index is 0.761. The van der Waals surface area contributed by atoms with Gasteiger partial charge in [0.15, 0.2) is 0 Å². The molecule has 1 aromatic carbocycles. The van der Waals surface area contributed by atoms with Crippen LogP contribution in [0.25, 0.3) is 0 Å². The Morgan fingerprint density at radius 3 is 2.65 bits per heavy atom. The zero-order chi connectivity index (χ0) is 13.9. The van der Waals surface area contributed by atoms with Gasteiger partial charge in [-0.05, 0) is 50.1 Å². The number of halogens is 1. The molecule has 2 saturated heterocycles. The Morgan fingerprint density at radius 2 is 2.00 bits per heavy atom. The number of benzene rings is 1. The molecule has 4 heteroatoms. The third-order valence-electron chi connectivity index (χ3n) is 4.60. The molecule has 0 radical (unpaired) electrons. The highest BCUT2D eigenvalue weighted by Crippen LogP contribution is 2.25. The van der Waals surface area contributed by atoms with Gasteiger partial charge in [-0.2, -0.15) is 0 Å². The fourth-order valence-corrected chi connectivity index (χ4v) is 3.92. The Kier molecular flexibility index (Phi) is 4.64. The summed E-state index contributed by atoms with van der Waals surface area (Å²) in [6.45, 7) is 9.28. The number of nitrogens with one attached hydrogen (secondary N) is 1. The molecule has 1 aromatic rings. The third kappa shape index (κ3) is 3.18. The van der Waals surface area contributed by atoms with Gasteiger partial charge in [0.05, 0.1) is 0 Å². The van der Waals surface area contributed by atoms with Crippen LogP contribution in [0.2, 0.25) is 0 Å². The van der Waals surface area contributed by atoms with Crippen molar-refractivity contribution in [3.05, 3.63) is 28.2 Å². The summed E-state index contributed by atoms with van der Waals surface area (Å²) in [5, 5.41) is 3.53. The first-order valence-electron chi connectivity index (χ1n) is 7.70. The predicted octanol–water partition coefficient (Wildman–Crippen LogP) is 2.63. The molecule has 2 aliphatic rings. The number of rotatable bonds is 2. The first kappa shape index (κ1) is 14.4. The molecule has 3 nitrogen and oxygen atoms in total. The molecule has 2 aliphatic heterocycles. The molecular weight excluding hydrogens is 314 g/mol. The quantitative estimate of drug-likeness (QED) is 0.894. The topological polar surface area (TPSA) is 18.5 Å². The van der Waals surface area contributed by atoms with Gasteiger partial charge in [0, 0.05) is 48.9 Å². The van der Waals surface area contributed by atoms with Gasteiger partial charge in [-0.25, -0.2) is 0 Å². The number of piperidine rings is 1. The van der Waals surface area contributed by atoms with E-state index in [0.29, 0.717) is 0 Å². The lowest BCUT2D eigenvalue weighted by molar-refractivity contribution is 0.157. The number of nitrogens with zero attached hydrogens (tertiary/aromatic N) is 2. The van der Waals surface area contributed by atoms with Crippen LogP contribution in [-0.2, 0) is 0 Å². The van der Waals surface area contributed by atoms with Crippen LogP contribution in [0.15, 0.2) is 22.7 Å². The van der Waals surface area contributed by atoms with E-state index in [-0.39, 0.29) is 0 Å². The molecule has 0 bridgehead atoms. The zero-order valence-corrected chi connectivity index (χ0v) is 13.8. The molecule has 0 amide bonds. The Labute approximate surface area is 130 Å². The summed E-state index contributed by atoms with van der Waals surface area (Å²) in [4.78, 5) is 5.21. The summed E-state index contributed by atoms with van der Waals surface area (Å²) >= 11 is 3.55. The van der Waals surface area contributed by atoms with Crippen LogP contribution in [0.3, 0.4) is 0 Å². The zero-order valence-electron chi connectivity index (χ0n) is 12.2. The summed E-state index contributed by atoms with van der Waals surface area (Å²) in [5.41, 5.74) is 2.77. The second-order valence-electron chi connectivity index (χ2n) is 5.95. The first-order valence-corrected chi connectivity index (χ1v) is 8.49. The van der Waals surface area contributed by atoms with Crippen molar-refractivity contribution in [1.29, 1.82) is 0 Å². The van der Waals surface area contributed by atoms with Gasteiger partial charge < -0.3 is 10.2 Å². The van der Waals surface area contributed by atoms with Crippen LogP contribution in [0, 0.1) is 6.92 Å². The first-order chi connectivity index (χ1) is 9.74. The molecule has 0 spiro atoms. The highest BCUT2D eigenvalue weighted by Gasteiger charge is 2.25. The molecule has 0 aromatic heterocycles. The standard InChI is InChI=1S/C16H24BrN3/c1-13-11-14(17)4-5-16(13)20-9-7-19(8-10-20)15-3-2-6-18-12-15/h4-5,11,15,18H,2-3,6-10,12H2,1H3. The summed E-state index contributed by atoms with van der Waals surface area (Å²) < 4.78 is 1.17. The molecule has 2 heterocycles. The minimum atomic E-state index is 0.761. The normalized spacial score (nSPS) is 24.9. The smallest absolute Gasteiger partial charge is 0.0397 e. The largest absolute Gasteiger partial charge is 0.369 e. The van der Waals surface area contributed by atoms with Crippen molar-refractivity contribution < 1.29 is 0 Å². The summed E-state index contributed by atoms with van der Waals surface area (Å²) in [6, 6.07) is 7.38. The van der Waals surface area contributed by atoms with E-state index in [1.165, 1.54) is 54.7 Å². The van der Waals surface area contributed by atoms with Crippen LogP contribution in [0.5, 0.6) is 0 Å². The maximum absolute atomic E-state index is 3.55. The average Bonchev–Trinajstić information content (AvgIpc) is 2.48. The Morgan fingerprint density at radius 1 is 1.20 bits per heavy atom. The monoisotopic (exact) mass is 337 g/mol. The van der Waals surface area contributed by atoms with Gasteiger partial charge in [0.1, 0.15) is 0 Å². The van der Waals surface area contributed by atoms with Crippen LogP contribution >= 0.6 is 15.9 Å². The number of anilines is 1. The predicted molar refractivity (Wildman–Crippen MR) is 88.6 cm³/mol. The molecular formula is C16H24BrN3. The third-order valence-corrected chi connectivity index (χ3v) is 5.09. The highest BCUT2D eigenvalue weighted by molar-refractivity contribution is 9.10. The molecule has 1 N–H and O–H groups in total. The van der Waals surface area contributed by atoms with Crippen molar-refractivity contribution in [1.82, 2.24) is 10.2 Å². The van der Waals surface area contributed by atoms with Crippen LogP contribution in [0.4, 0.5) is 5.69 Å². The maximum Gasteiger partial charge on any atom is 0.0397 e. The van der Waals surface area contributed by atoms with Gasteiger partial charge in [0.25, 0.3) is 0 Å². The number of aryl methyl sites for hydroxylation is 1. The lowest BCUT2D eigenvalue weighted by Gasteiger charge is -2.42. The van der Waals surface area contributed by atoms with Crippen molar-refractivity contribution in [2.24, 2.45) is 0 Å². The summed E-state index contributed by atoms with van der Waals surface area (Å²) in [6.07, 6.45) is 2.70. The van der Waals surface area contributed by atoms with E-state index in [4.69, 9.17) is 0 Å². The molecule has 3 rings (SSSR count). The van der Waals surface area contributed by atoms with Crippen LogP contribution < -0.4 is 10.2 Å². The summed E-state index contributed by atoms with van der Waals surface area (Å²) in [7, 11) is 0. The summed E-state index contributed by atoms with van der Waals surface area (Å²) in [5.74, 6) is 0. The van der Waals surface area contributed by atoms with Gasteiger partial charge in [-0.15, -0.1) is 0 Å². The number of hydrogen-bond acceptors (Lipinski definition) is 3. The Balaban J connectivity index is 1.60. The van der Waals surface area contributed by atoms with E-state index in [1.807, 2.05) is 0 Å². The molecule has 0 aliphatic carbocycles. The molecule has 2 fully saturated rings. The number of hydrogen-bond donors (Lipinski definition) is 1. The maximum atomic E-state index is 3.55. The van der Waals surface area contributed by atoms with Crippen molar-refractivity contribution in [3.8, 4) is 0 Å². The average molecular weight is 338 g/mol. The van der Waals surface area contributed by atoms with Gasteiger partial charge in [-0.3, -0.25) is 4.90 Å². The van der Waals surface area contributed by atoms with E-state index < -0.39 is 0 Å². The van der Waals surface area contributed by atoms with Crippen LogP contribution in [0.1, 0.15) is 18.4 Å². The second-order valence-corrected chi connectivity index (χ2v) is 6.87. The van der Waals surface area contributed by atoms with E-state index in [1.54, 1.807) is 0 Å². The Hall–Kier alpha value is -0.580. The molecule has 1 atom stereocenters. The van der Waals surface area contributed by atoms with Crippen molar-refractivity contribution in [2.75, 3.05) is 44.2 Å². The van der Waals surface area contributed by atoms with Crippen molar-refractivity contribution in [3.63, 3.8) is 0 Å². The fourth-order valence-electron chi connectivity index (χ4n) is 3.45. The minimum Gasteiger partial charge on any atom is -0.369 e. The highest BCUT2D eigenvalue weighted by atomic mass is 79.9. The van der Waals surface area contributed by atoms with Crippen molar-refractivity contribution >= 4 is 21.6 Å². The molecule has 110 valence electrons. The van der Waals surface area contributed by atoms with Gasteiger partial charge in [-0.1, -0.05) is 15.9 Å². The molecule has 1 unspecified atom stereocenters. The molecule has 0 saturated carbocycles. The number of piperazine rings is 1. The van der Waals surface area contributed by atoms with E-state index >= 15 is 0 Å². The lowest BCUT2D eigenvalue weighted by atomic mass is 10.0. The van der Waals surface area contributed by atoms with E-state index in [0.717, 1.165) is 19.1 Å². The fraction of sp³-hybridized carbons (Fsp3) is 0.625. The second kappa shape index (κ2) is 6.46.